The number of halogens is 2. The Morgan fingerprint density at radius 1 is 1.34 bits per heavy atom. The van der Waals surface area contributed by atoms with Crippen molar-refractivity contribution in [2.24, 2.45) is 0 Å². The Labute approximate surface area is 183 Å². The summed E-state index contributed by atoms with van der Waals surface area (Å²) in [4.78, 5) is 13.1. The molecule has 1 aromatic carbocycles. The van der Waals surface area contributed by atoms with E-state index in [0.29, 0.717) is 59.8 Å². The number of hydrogen-bond donors (Lipinski definition) is 2. The Morgan fingerprint density at radius 2 is 2.12 bits per heavy atom. The highest BCUT2D eigenvalue weighted by molar-refractivity contribution is 6.07. The van der Waals surface area contributed by atoms with Crippen molar-refractivity contribution in [3.63, 3.8) is 0 Å². The molecule has 32 heavy (non-hydrogen) atoms. The van der Waals surface area contributed by atoms with Gasteiger partial charge in [-0.05, 0) is 44.0 Å². The lowest BCUT2D eigenvalue weighted by Crippen LogP contribution is -2.54. The molecule has 0 spiro atoms. The number of carbonyl (C=O) groups excluding carboxylic acids is 1. The second-order valence-corrected chi connectivity index (χ2v) is 7.88. The van der Waals surface area contributed by atoms with Gasteiger partial charge in [0.2, 0.25) is 0 Å². The summed E-state index contributed by atoms with van der Waals surface area (Å²) in [5.74, 6) is 0.564. The maximum atomic E-state index is 13.1. The number of benzene rings is 1. The van der Waals surface area contributed by atoms with Crippen LogP contribution in [0.15, 0.2) is 34.9 Å². The van der Waals surface area contributed by atoms with E-state index in [0.717, 1.165) is 0 Å². The van der Waals surface area contributed by atoms with Crippen LogP contribution >= 0.6 is 0 Å². The largest absolute Gasteiger partial charge is 0.487 e. The zero-order chi connectivity index (χ0) is 22.7. The van der Waals surface area contributed by atoms with Crippen molar-refractivity contribution in [3.05, 3.63) is 47.5 Å². The number of hydrogen-bond acceptors (Lipinski definition) is 6. The van der Waals surface area contributed by atoms with E-state index in [-0.39, 0.29) is 19.1 Å². The number of nitrogens with zero attached hydrogens (tertiary/aromatic N) is 2. The molecule has 10 heteroatoms. The minimum atomic E-state index is -2.52. The SMILES string of the molecule is Cc1oc2ccc(OCc3ccnn3CC(F)F)cc2c1C(=O)NC1(CO)CCOCC1. The molecule has 3 heterocycles. The summed E-state index contributed by atoms with van der Waals surface area (Å²) >= 11 is 0. The zero-order valence-electron chi connectivity index (χ0n) is 17.6. The van der Waals surface area contributed by atoms with Crippen molar-refractivity contribution in [1.82, 2.24) is 15.1 Å². The highest BCUT2D eigenvalue weighted by Gasteiger charge is 2.35. The van der Waals surface area contributed by atoms with E-state index in [1.165, 1.54) is 10.9 Å². The van der Waals surface area contributed by atoms with Crippen LogP contribution in [0, 0.1) is 6.92 Å². The average molecular weight is 449 g/mol. The molecular formula is C22H25F2N3O5. The van der Waals surface area contributed by atoms with Crippen LogP contribution in [0.4, 0.5) is 8.78 Å². The number of rotatable bonds is 8. The van der Waals surface area contributed by atoms with Crippen LogP contribution in [-0.2, 0) is 17.9 Å². The molecule has 3 aromatic rings. The number of amides is 1. The summed E-state index contributed by atoms with van der Waals surface area (Å²) in [5, 5.41) is 17.3. The fraction of sp³-hybridized carbons (Fsp3) is 0.455. The van der Waals surface area contributed by atoms with Crippen LogP contribution in [-0.4, -0.2) is 52.6 Å². The summed E-state index contributed by atoms with van der Waals surface area (Å²) < 4.78 is 43.4. The number of aliphatic hydroxyl groups is 1. The Hall–Kier alpha value is -2.98. The number of furan rings is 1. The molecule has 1 fully saturated rings. The van der Waals surface area contributed by atoms with E-state index in [9.17, 15) is 18.7 Å². The van der Waals surface area contributed by atoms with Crippen LogP contribution < -0.4 is 10.1 Å². The Bertz CT molecular complexity index is 1090. The molecule has 2 aromatic heterocycles. The quantitative estimate of drug-likeness (QED) is 0.549. The molecular weight excluding hydrogens is 424 g/mol. The third-order valence-corrected chi connectivity index (χ3v) is 5.70. The van der Waals surface area contributed by atoms with Crippen molar-refractivity contribution in [3.8, 4) is 5.75 Å². The summed E-state index contributed by atoms with van der Waals surface area (Å²) in [6.07, 6.45) is -0.0348. The number of ether oxygens (including phenoxy) is 2. The van der Waals surface area contributed by atoms with Crippen molar-refractivity contribution < 1.29 is 32.6 Å². The van der Waals surface area contributed by atoms with E-state index < -0.39 is 18.5 Å². The van der Waals surface area contributed by atoms with Crippen molar-refractivity contribution >= 4 is 16.9 Å². The second kappa shape index (κ2) is 9.25. The summed E-state index contributed by atoms with van der Waals surface area (Å²) in [6.45, 7) is 1.99. The average Bonchev–Trinajstić information content (AvgIpc) is 3.34. The molecule has 1 aliphatic heterocycles. The molecule has 0 atom stereocenters. The number of aliphatic hydroxyl groups excluding tert-OH is 1. The molecule has 0 aliphatic carbocycles. The van der Waals surface area contributed by atoms with Crippen LogP contribution in [0.3, 0.4) is 0 Å². The molecule has 1 aliphatic rings. The Morgan fingerprint density at radius 3 is 2.84 bits per heavy atom. The lowest BCUT2D eigenvalue weighted by Gasteiger charge is -2.36. The first-order valence-corrected chi connectivity index (χ1v) is 10.4. The maximum absolute atomic E-state index is 13.1. The van der Waals surface area contributed by atoms with Gasteiger partial charge < -0.3 is 24.3 Å². The minimum absolute atomic E-state index is 0.0458. The fourth-order valence-corrected chi connectivity index (χ4v) is 3.89. The number of aryl methyl sites for hydroxylation is 1. The maximum Gasteiger partial charge on any atom is 0.257 e. The van der Waals surface area contributed by atoms with Gasteiger partial charge in [0.1, 0.15) is 30.2 Å². The topological polar surface area (TPSA) is 98.8 Å². The molecule has 0 saturated carbocycles. The van der Waals surface area contributed by atoms with Gasteiger partial charge in [0.05, 0.1) is 23.4 Å². The van der Waals surface area contributed by atoms with Crippen molar-refractivity contribution in [2.45, 2.75) is 44.9 Å². The first-order valence-electron chi connectivity index (χ1n) is 10.4. The second-order valence-electron chi connectivity index (χ2n) is 7.88. The van der Waals surface area contributed by atoms with E-state index >= 15 is 0 Å². The van der Waals surface area contributed by atoms with Crippen molar-refractivity contribution in [2.75, 3.05) is 19.8 Å². The fourth-order valence-electron chi connectivity index (χ4n) is 3.89. The number of fused-ring (bicyclic) bond motifs is 1. The van der Waals surface area contributed by atoms with E-state index in [1.807, 2.05) is 0 Å². The number of nitrogens with one attached hydrogen (secondary N) is 1. The van der Waals surface area contributed by atoms with Crippen molar-refractivity contribution in [1.29, 1.82) is 0 Å². The molecule has 0 bridgehead atoms. The van der Waals surface area contributed by atoms with Gasteiger partial charge in [-0.3, -0.25) is 9.48 Å². The van der Waals surface area contributed by atoms with Gasteiger partial charge in [-0.25, -0.2) is 8.78 Å². The Balaban J connectivity index is 1.54. The first-order chi connectivity index (χ1) is 15.4. The standard InChI is InChI=1S/C22H25F2N3O5/c1-14-20(21(29)26-22(13-28)5-8-30-9-6-22)17-10-16(2-3-18(17)32-14)31-12-15-4-7-25-27(15)11-19(23)24/h2-4,7,10,19,28H,5-6,8-9,11-13H2,1H3,(H,26,29). The van der Waals surface area contributed by atoms with Gasteiger partial charge in [-0.15, -0.1) is 0 Å². The van der Waals surface area contributed by atoms with Crippen LogP contribution in [0.25, 0.3) is 11.0 Å². The number of aromatic nitrogens is 2. The monoisotopic (exact) mass is 449 g/mol. The smallest absolute Gasteiger partial charge is 0.257 e. The van der Waals surface area contributed by atoms with E-state index in [1.54, 1.807) is 31.2 Å². The van der Waals surface area contributed by atoms with Crippen LogP contribution in [0.1, 0.15) is 34.7 Å². The summed E-state index contributed by atoms with van der Waals surface area (Å²) in [5.41, 5.74) is 0.666. The molecule has 1 amide bonds. The van der Waals surface area contributed by atoms with Crippen LogP contribution in [0.5, 0.6) is 5.75 Å². The third kappa shape index (κ3) is 4.61. The predicted molar refractivity (Wildman–Crippen MR) is 111 cm³/mol. The van der Waals surface area contributed by atoms with Gasteiger partial charge in [0.15, 0.2) is 0 Å². The molecule has 0 unspecified atom stereocenters. The molecule has 1 saturated heterocycles. The predicted octanol–water partition coefficient (Wildman–Crippen LogP) is 3.05. The van der Waals surface area contributed by atoms with E-state index in [4.69, 9.17) is 13.9 Å². The number of carbonyl (C=O) groups is 1. The number of alkyl halides is 2. The highest BCUT2D eigenvalue weighted by atomic mass is 19.3. The van der Waals surface area contributed by atoms with Gasteiger partial charge >= 0.3 is 0 Å². The van der Waals surface area contributed by atoms with Gasteiger partial charge in [-0.2, -0.15) is 5.10 Å². The minimum Gasteiger partial charge on any atom is -0.487 e. The molecule has 2 N–H and O–H groups in total. The molecule has 4 rings (SSSR count). The third-order valence-electron chi connectivity index (χ3n) is 5.70. The first kappa shape index (κ1) is 22.2. The molecule has 172 valence electrons. The van der Waals surface area contributed by atoms with Gasteiger partial charge in [0.25, 0.3) is 12.3 Å². The highest BCUT2D eigenvalue weighted by Crippen LogP contribution is 2.30. The lowest BCUT2D eigenvalue weighted by molar-refractivity contribution is 0.0125. The van der Waals surface area contributed by atoms with Gasteiger partial charge in [-0.1, -0.05) is 0 Å². The zero-order valence-corrected chi connectivity index (χ0v) is 17.6. The van der Waals surface area contributed by atoms with Gasteiger partial charge in [0, 0.05) is 24.8 Å². The normalized spacial score (nSPS) is 15.9. The summed E-state index contributed by atoms with van der Waals surface area (Å²) in [6, 6.07) is 6.68. The molecule has 0 radical (unpaired) electrons. The Kier molecular flexibility index (Phi) is 6.43. The summed E-state index contributed by atoms with van der Waals surface area (Å²) in [7, 11) is 0. The van der Waals surface area contributed by atoms with E-state index in [2.05, 4.69) is 10.4 Å². The lowest BCUT2D eigenvalue weighted by atomic mass is 9.90. The van der Waals surface area contributed by atoms with Crippen LogP contribution in [0.2, 0.25) is 0 Å². The molecule has 8 nitrogen and oxygen atoms in total.